The van der Waals surface area contributed by atoms with E-state index >= 15 is 0 Å². The number of ether oxygens (including phenoxy) is 1. The van der Waals surface area contributed by atoms with Crippen molar-refractivity contribution in [1.29, 1.82) is 0 Å². The summed E-state index contributed by atoms with van der Waals surface area (Å²) in [6.45, 7) is 1.68. The number of nitrogens with zero attached hydrogens (tertiary/aromatic N) is 1. The standard InChI is InChI=1S/C13H19ClN2O2/c1-15-8-3-9-16(2)13(17)10-18-12-6-4-11(14)5-7-12/h4-7,15H,3,8-10H2,1-2H3. The predicted octanol–water partition coefficient (Wildman–Crippen LogP) is 1.79. The second-order valence-corrected chi connectivity index (χ2v) is 4.45. The van der Waals surface area contributed by atoms with E-state index in [1.165, 1.54) is 0 Å². The molecular weight excluding hydrogens is 252 g/mol. The molecule has 5 heteroatoms. The predicted molar refractivity (Wildman–Crippen MR) is 73.1 cm³/mol. The molecule has 1 aromatic rings. The summed E-state index contributed by atoms with van der Waals surface area (Å²) in [5, 5.41) is 3.69. The lowest BCUT2D eigenvalue weighted by molar-refractivity contribution is -0.132. The Morgan fingerprint density at radius 1 is 1.39 bits per heavy atom. The van der Waals surface area contributed by atoms with Crippen molar-refractivity contribution in [3.8, 4) is 5.75 Å². The van der Waals surface area contributed by atoms with E-state index < -0.39 is 0 Å². The Morgan fingerprint density at radius 2 is 2.06 bits per heavy atom. The molecule has 0 aromatic heterocycles. The molecule has 0 aliphatic carbocycles. The maximum absolute atomic E-state index is 11.7. The number of hydrogen-bond donors (Lipinski definition) is 1. The molecule has 1 rings (SSSR count). The van der Waals surface area contributed by atoms with E-state index in [2.05, 4.69) is 5.32 Å². The number of amides is 1. The van der Waals surface area contributed by atoms with Gasteiger partial charge in [0.2, 0.25) is 0 Å². The molecule has 18 heavy (non-hydrogen) atoms. The van der Waals surface area contributed by atoms with Gasteiger partial charge in [-0.3, -0.25) is 4.79 Å². The summed E-state index contributed by atoms with van der Waals surface area (Å²) in [5.41, 5.74) is 0. The lowest BCUT2D eigenvalue weighted by Gasteiger charge is -2.17. The molecule has 0 heterocycles. The van der Waals surface area contributed by atoms with Gasteiger partial charge >= 0.3 is 0 Å². The van der Waals surface area contributed by atoms with E-state index in [-0.39, 0.29) is 12.5 Å². The van der Waals surface area contributed by atoms with Crippen LogP contribution in [0.1, 0.15) is 6.42 Å². The third kappa shape index (κ3) is 5.38. The third-order valence-electron chi connectivity index (χ3n) is 2.52. The van der Waals surface area contributed by atoms with Gasteiger partial charge < -0.3 is 15.0 Å². The van der Waals surface area contributed by atoms with Crippen molar-refractivity contribution in [1.82, 2.24) is 10.2 Å². The van der Waals surface area contributed by atoms with Crippen LogP contribution in [0.3, 0.4) is 0 Å². The van der Waals surface area contributed by atoms with Crippen LogP contribution in [-0.4, -0.2) is 44.6 Å². The molecule has 1 N–H and O–H groups in total. The van der Waals surface area contributed by atoms with Crippen LogP contribution in [0.4, 0.5) is 0 Å². The van der Waals surface area contributed by atoms with Gasteiger partial charge in [-0.05, 0) is 44.3 Å². The maximum Gasteiger partial charge on any atom is 0.260 e. The highest BCUT2D eigenvalue weighted by molar-refractivity contribution is 6.30. The Kier molecular flexibility index (Phi) is 6.54. The number of benzene rings is 1. The van der Waals surface area contributed by atoms with E-state index in [1.807, 2.05) is 7.05 Å². The Labute approximate surface area is 113 Å². The second kappa shape index (κ2) is 7.95. The van der Waals surface area contributed by atoms with Crippen LogP contribution in [0.5, 0.6) is 5.75 Å². The molecule has 100 valence electrons. The zero-order valence-electron chi connectivity index (χ0n) is 10.8. The molecule has 0 aliphatic rings. The van der Waals surface area contributed by atoms with Crippen molar-refractivity contribution in [2.24, 2.45) is 0 Å². The molecule has 0 atom stereocenters. The zero-order valence-corrected chi connectivity index (χ0v) is 11.5. The summed E-state index contributed by atoms with van der Waals surface area (Å²) in [5.74, 6) is 0.623. The molecule has 0 bridgehead atoms. The van der Waals surface area contributed by atoms with E-state index in [0.29, 0.717) is 10.8 Å². The van der Waals surface area contributed by atoms with E-state index in [1.54, 1.807) is 36.2 Å². The molecule has 4 nitrogen and oxygen atoms in total. The summed E-state index contributed by atoms with van der Waals surface area (Å²) in [7, 11) is 3.68. The average Bonchev–Trinajstić information content (AvgIpc) is 2.38. The van der Waals surface area contributed by atoms with Crippen LogP contribution < -0.4 is 10.1 Å². The molecule has 0 aliphatic heterocycles. The van der Waals surface area contributed by atoms with Crippen molar-refractivity contribution in [2.45, 2.75) is 6.42 Å². The van der Waals surface area contributed by atoms with Gasteiger partial charge in [-0.15, -0.1) is 0 Å². The van der Waals surface area contributed by atoms with Crippen molar-refractivity contribution < 1.29 is 9.53 Å². The highest BCUT2D eigenvalue weighted by Gasteiger charge is 2.08. The number of nitrogens with one attached hydrogen (secondary N) is 1. The van der Waals surface area contributed by atoms with Crippen molar-refractivity contribution in [3.63, 3.8) is 0 Å². The SMILES string of the molecule is CNCCCN(C)C(=O)COc1ccc(Cl)cc1. The smallest absolute Gasteiger partial charge is 0.260 e. The zero-order chi connectivity index (χ0) is 13.4. The first kappa shape index (κ1) is 14.8. The molecule has 0 radical (unpaired) electrons. The number of halogens is 1. The summed E-state index contributed by atoms with van der Waals surface area (Å²) < 4.78 is 5.38. The molecule has 0 saturated heterocycles. The summed E-state index contributed by atoms with van der Waals surface area (Å²) in [4.78, 5) is 13.4. The summed E-state index contributed by atoms with van der Waals surface area (Å²) in [6, 6.07) is 6.96. The van der Waals surface area contributed by atoms with Crippen molar-refractivity contribution >= 4 is 17.5 Å². The summed E-state index contributed by atoms with van der Waals surface area (Å²) in [6.07, 6.45) is 0.930. The molecule has 0 unspecified atom stereocenters. The minimum absolute atomic E-state index is 0.0268. The second-order valence-electron chi connectivity index (χ2n) is 4.01. The highest BCUT2D eigenvalue weighted by Crippen LogP contribution is 2.15. The normalized spacial score (nSPS) is 10.2. The Balaban J connectivity index is 2.29. The Hall–Kier alpha value is -1.26. The van der Waals surface area contributed by atoms with Crippen LogP contribution >= 0.6 is 11.6 Å². The summed E-state index contributed by atoms with van der Waals surface area (Å²) >= 11 is 5.76. The molecule has 0 spiro atoms. The fourth-order valence-corrected chi connectivity index (χ4v) is 1.53. The van der Waals surface area contributed by atoms with Crippen LogP contribution in [0, 0.1) is 0 Å². The molecule has 1 aromatic carbocycles. The van der Waals surface area contributed by atoms with E-state index in [9.17, 15) is 4.79 Å². The minimum atomic E-state index is -0.0268. The van der Waals surface area contributed by atoms with Gasteiger partial charge in [0.15, 0.2) is 6.61 Å². The fourth-order valence-electron chi connectivity index (χ4n) is 1.40. The van der Waals surface area contributed by atoms with Crippen LogP contribution in [0.2, 0.25) is 5.02 Å². The van der Waals surface area contributed by atoms with Gasteiger partial charge in [-0.1, -0.05) is 11.6 Å². The average molecular weight is 271 g/mol. The number of carbonyl (C=O) groups is 1. The number of rotatable bonds is 7. The topological polar surface area (TPSA) is 41.6 Å². The van der Waals surface area contributed by atoms with Crippen LogP contribution in [-0.2, 0) is 4.79 Å². The van der Waals surface area contributed by atoms with Gasteiger partial charge in [0.05, 0.1) is 0 Å². The number of hydrogen-bond acceptors (Lipinski definition) is 3. The highest BCUT2D eigenvalue weighted by atomic mass is 35.5. The lowest BCUT2D eigenvalue weighted by Crippen LogP contribution is -2.33. The first-order chi connectivity index (χ1) is 8.63. The van der Waals surface area contributed by atoms with Crippen LogP contribution in [0.25, 0.3) is 0 Å². The monoisotopic (exact) mass is 270 g/mol. The van der Waals surface area contributed by atoms with Gasteiger partial charge in [0.25, 0.3) is 5.91 Å². The minimum Gasteiger partial charge on any atom is -0.484 e. The first-order valence-corrected chi connectivity index (χ1v) is 6.28. The number of likely N-dealkylation sites (N-methyl/N-ethyl adjacent to an activating group) is 1. The molecule has 0 saturated carbocycles. The fraction of sp³-hybridized carbons (Fsp3) is 0.462. The molecule has 1 amide bonds. The lowest BCUT2D eigenvalue weighted by atomic mass is 10.3. The molecular formula is C13H19ClN2O2. The van der Waals surface area contributed by atoms with Gasteiger partial charge in [0, 0.05) is 18.6 Å². The largest absolute Gasteiger partial charge is 0.484 e. The maximum atomic E-state index is 11.7. The van der Waals surface area contributed by atoms with E-state index in [4.69, 9.17) is 16.3 Å². The van der Waals surface area contributed by atoms with Crippen molar-refractivity contribution in [2.75, 3.05) is 33.8 Å². The quantitative estimate of drug-likeness (QED) is 0.768. The van der Waals surface area contributed by atoms with E-state index in [0.717, 1.165) is 19.5 Å². The first-order valence-electron chi connectivity index (χ1n) is 5.90. The van der Waals surface area contributed by atoms with Crippen molar-refractivity contribution in [3.05, 3.63) is 29.3 Å². The number of carbonyl (C=O) groups excluding carboxylic acids is 1. The Morgan fingerprint density at radius 3 is 2.67 bits per heavy atom. The van der Waals surface area contributed by atoms with Gasteiger partial charge in [-0.25, -0.2) is 0 Å². The third-order valence-corrected chi connectivity index (χ3v) is 2.77. The molecule has 0 fully saturated rings. The van der Waals surface area contributed by atoms with Gasteiger partial charge in [-0.2, -0.15) is 0 Å². The van der Waals surface area contributed by atoms with Gasteiger partial charge in [0.1, 0.15) is 5.75 Å². The Bertz CT molecular complexity index is 368. The van der Waals surface area contributed by atoms with Crippen LogP contribution in [0.15, 0.2) is 24.3 Å².